The largest absolute Gasteiger partial charge is 0.179 e. The second-order valence-corrected chi connectivity index (χ2v) is 13.0. The Morgan fingerprint density at radius 3 is 2.44 bits per heavy atom. The van der Waals surface area contributed by atoms with Crippen LogP contribution in [0.4, 0.5) is 0 Å². The zero-order valence-corrected chi connectivity index (χ0v) is 20.8. The summed E-state index contributed by atoms with van der Waals surface area (Å²) in [6.07, 6.45) is 6.64. The van der Waals surface area contributed by atoms with E-state index in [-0.39, 0.29) is 10.2 Å². The lowest BCUT2D eigenvalue weighted by Gasteiger charge is -2.77. The van der Waals surface area contributed by atoms with E-state index in [1.807, 2.05) is 0 Å². The van der Waals surface area contributed by atoms with E-state index < -0.39 is 0 Å². The number of allylic oxidation sites excluding steroid dienone is 1. The second-order valence-electron chi connectivity index (χ2n) is 11.1. The van der Waals surface area contributed by atoms with E-state index in [1.165, 1.54) is 32.1 Å². The third kappa shape index (κ3) is 2.29. The van der Waals surface area contributed by atoms with Gasteiger partial charge in [0.15, 0.2) is 0 Å². The van der Waals surface area contributed by atoms with Crippen molar-refractivity contribution in [1.29, 1.82) is 0 Å². The topological polar surface area (TPSA) is 0 Å². The normalized spacial score (nSPS) is 54.4. The first-order valence-corrected chi connectivity index (χ1v) is 12.9. The molecule has 3 fully saturated rings. The highest BCUT2D eigenvalue weighted by Gasteiger charge is 2.79. The first-order chi connectivity index (χ1) is 12.6. The second kappa shape index (κ2) is 6.64. The third-order valence-corrected chi connectivity index (χ3v) is 11.7. The van der Waals surface area contributed by atoms with Crippen molar-refractivity contribution in [1.82, 2.24) is 0 Å². The minimum absolute atomic E-state index is 0.0114. The maximum Gasteiger partial charge on any atom is 0.0419 e. The minimum Gasteiger partial charge on any atom is -0.179 e. The molecule has 3 heteroatoms. The molecule has 0 aromatic rings. The van der Waals surface area contributed by atoms with Crippen molar-refractivity contribution in [2.75, 3.05) is 5.75 Å². The van der Waals surface area contributed by atoms with E-state index in [9.17, 15) is 0 Å². The molecule has 0 bridgehead atoms. The van der Waals surface area contributed by atoms with Crippen LogP contribution in [-0.2, 0) is 0 Å². The van der Waals surface area contributed by atoms with Gasteiger partial charge < -0.3 is 0 Å². The fourth-order valence-corrected chi connectivity index (χ4v) is 11.0. The molecule has 2 spiro atoms. The van der Waals surface area contributed by atoms with Gasteiger partial charge in [-0.2, -0.15) is 37.9 Å². The molecule has 0 amide bonds. The van der Waals surface area contributed by atoms with E-state index in [2.05, 4.69) is 54.2 Å². The van der Waals surface area contributed by atoms with Crippen LogP contribution in [0.2, 0.25) is 0 Å². The van der Waals surface area contributed by atoms with Crippen LogP contribution in [0.5, 0.6) is 0 Å². The maximum absolute atomic E-state index is 5.47. The molecule has 4 aliphatic carbocycles. The fraction of sp³-hybridized carbons (Fsp3) is 0.917. The summed E-state index contributed by atoms with van der Waals surface area (Å²) in [5.74, 6) is 5.70. The summed E-state index contributed by atoms with van der Waals surface area (Å²) in [5, 5.41) is 0.433. The van der Waals surface area contributed by atoms with Gasteiger partial charge in [0.1, 0.15) is 0 Å². The molecular formula is C24H40S3. The number of rotatable bonds is 3. The average Bonchev–Trinajstić information content (AvgIpc) is 2.94. The van der Waals surface area contributed by atoms with E-state index in [0.29, 0.717) is 16.6 Å². The van der Waals surface area contributed by atoms with Crippen LogP contribution in [-0.4, -0.2) is 15.7 Å². The Morgan fingerprint density at radius 2 is 1.85 bits per heavy atom. The molecule has 4 rings (SSSR count). The van der Waals surface area contributed by atoms with E-state index in [4.69, 9.17) is 25.3 Å². The molecule has 0 radical (unpaired) electrons. The summed E-state index contributed by atoms with van der Waals surface area (Å²) in [4.78, 5) is 0. The molecule has 0 aliphatic heterocycles. The summed E-state index contributed by atoms with van der Waals surface area (Å²) in [7, 11) is 0. The van der Waals surface area contributed by atoms with Crippen molar-refractivity contribution >= 4 is 37.9 Å². The standard InChI is InChI=1S/C24H40S3/c1-13(2)18-11-19-16(5)22(6,27)24(19)21(26)17(7-8-25)10-15(4)23(24)12-14(3)9-20(18)23/h13-15,17-18,20-21,25-27H,7-12H2,1-6H3. The number of hydrogen-bond acceptors (Lipinski definition) is 3. The molecule has 0 aromatic heterocycles. The van der Waals surface area contributed by atoms with Gasteiger partial charge in [0.05, 0.1) is 0 Å². The Bertz CT molecular complexity index is 650. The van der Waals surface area contributed by atoms with Gasteiger partial charge >= 0.3 is 0 Å². The van der Waals surface area contributed by atoms with Crippen LogP contribution in [0.3, 0.4) is 0 Å². The molecule has 3 saturated carbocycles. The molecule has 0 N–H and O–H groups in total. The zero-order valence-electron chi connectivity index (χ0n) is 18.1. The molecule has 27 heavy (non-hydrogen) atoms. The Morgan fingerprint density at radius 1 is 1.19 bits per heavy atom. The molecule has 154 valence electrons. The zero-order chi connectivity index (χ0) is 19.9. The highest BCUT2D eigenvalue weighted by molar-refractivity contribution is 7.83. The monoisotopic (exact) mass is 424 g/mol. The SMILES string of the molecule is CC1=C2CC(C(C)C)C3CC(C)CC34C(C)CC(CCS)C(S)C24C1(C)S. The lowest BCUT2D eigenvalue weighted by Crippen LogP contribution is -2.75. The lowest BCUT2D eigenvalue weighted by molar-refractivity contribution is -0.151. The van der Waals surface area contributed by atoms with Crippen molar-refractivity contribution in [2.24, 2.45) is 46.3 Å². The van der Waals surface area contributed by atoms with Gasteiger partial charge in [-0.25, -0.2) is 0 Å². The average molecular weight is 425 g/mol. The predicted octanol–water partition coefficient (Wildman–Crippen LogP) is 6.97. The summed E-state index contributed by atoms with van der Waals surface area (Å²) in [6, 6.07) is 0. The lowest BCUT2D eigenvalue weighted by atomic mass is 9.31. The van der Waals surface area contributed by atoms with E-state index >= 15 is 0 Å². The fourth-order valence-electron chi connectivity index (χ4n) is 8.99. The smallest absolute Gasteiger partial charge is 0.0419 e. The van der Waals surface area contributed by atoms with Gasteiger partial charge in [0, 0.05) is 15.4 Å². The molecule has 9 unspecified atom stereocenters. The molecule has 0 saturated heterocycles. The van der Waals surface area contributed by atoms with Gasteiger partial charge in [-0.1, -0.05) is 38.8 Å². The van der Waals surface area contributed by atoms with Crippen molar-refractivity contribution in [3.05, 3.63) is 11.1 Å². The van der Waals surface area contributed by atoms with Gasteiger partial charge in [-0.05, 0) is 92.6 Å². The van der Waals surface area contributed by atoms with Crippen LogP contribution in [0.1, 0.15) is 73.6 Å². The molecular weight excluding hydrogens is 384 g/mol. The first-order valence-electron chi connectivity index (χ1n) is 11.3. The first kappa shape index (κ1) is 21.0. The summed E-state index contributed by atoms with van der Waals surface area (Å²) in [5.41, 5.74) is 3.93. The van der Waals surface area contributed by atoms with E-state index in [1.54, 1.807) is 11.1 Å². The summed E-state index contributed by atoms with van der Waals surface area (Å²) >= 11 is 15.5. The molecule has 0 aromatic carbocycles. The van der Waals surface area contributed by atoms with Crippen LogP contribution in [0.15, 0.2) is 11.1 Å². The Kier molecular flexibility index (Phi) is 5.18. The molecule has 4 aliphatic rings. The highest BCUT2D eigenvalue weighted by Crippen LogP contribution is 2.83. The van der Waals surface area contributed by atoms with Gasteiger partial charge in [0.2, 0.25) is 0 Å². The van der Waals surface area contributed by atoms with Gasteiger partial charge in [0.25, 0.3) is 0 Å². The minimum atomic E-state index is -0.0114. The van der Waals surface area contributed by atoms with Crippen molar-refractivity contribution in [3.8, 4) is 0 Å². The Hall–Kier alpha value is 0.790. The van der Waals surface area contributed by atoms with Crippen LogP contribution < -0.4 is 0 Å². The maximum atomic E-state index is 5.47. The van der Waals surface area contributed by atoms with Crippen molar-refractivity contribution in [3.63, 3.8) is 0 Å². The van der Waals surface area contributed by atoms with Crippen LogP contribution in [0, 0.1) is 46.3 Å². The summed E-state index contributed by atoms with van der Waals surface area (Å²) < 4.78 is -0.0114. The van der Waals surface area contributed by atoms with Gasteiger partial charge in [-0.3, -0.25) is 0 Å². The third-order valence-electron chi connectivity index (χ3n) is 9.90. The predicted molar refractivity (Wildman–Crippen MR) is 128 cm³/mol. The summed E-state index contributed by atoms with van der Waals surface area (Å²) in [6.45, 7) is 14.9. The quantitative estimate of drug-likeness (QED) is 0.316. The highest BCUT2D eigenvalue weighted by atomic mass is 32.1. The van der Waals surface area contributed by atoms with E-state index in [0.717, 1.165) is 35.3 Å². The van der Waals surface area contributed by atoms with Gasteiger partial charge in [-0.15, -0.1) is 0 Å². The molecule has 0 nitrogen and oxygen atoms in total. The number of thiol groups is 3. The number of hydrogen-bond donors (Lipinski definition) is 3. The Labute approximate surface area is 184 Å². The molecule has 9 atom stereocenters. The Balaban J connectivity index is 1.96. The molecule has 0 heterocycles. The van der Waals surface area contributed by atoms with Crippen LogP contribution >= 0.6 is 37.9 Å². The van der Waals surface area contributed by atoms with Crippen molar-refractivity contribution < 1.29 is 0 Å². The van der Waals surface area contributed by atoms with Crippen LogP contribution in [0.25, 0.3) is 0 Å². The van der Waals surface area contributed by atoms with Crippen molar-refractivity contribution in [2.45, 2.75) is 83.6 Å².